The van der Waals surface area contributed by atoms with Crippen molar-refractivity contribution in [1.82, 2.24) is 0 Å². The summed E-state index contributed by atoms with van der Waals surface area (Å²) in [5, 5.41) is 0. The zero-order chi connectivity index (χ0) is 12.0. The van der Waals surface area contributed by atoms with E-state index >= 15 is 0 Å². The quantitative estimate of drug-likeness (QED) is 0.667. The van der Waals surface area contributed by atoms with Crippen LogP contribution in [0.3, 0.4) is 0 Å². The van der Waals surface area contributed by atoms with Gasteiger partial charge in [0.1, 0.15) is 6.10 Å². The average molecular weight is 216 g/mol. The van der Waals surface area contributed by atoms with Gasteiger partial charge in [0.05, 0.1) is 6.61 Å². The van der Waals surface area contributed by atoms with Crippen LogP contribution in [0.15, 0.2) is 54.1 Å². The molecule has 0 saturated carbocycles. The SMILES string of the molecule is C=C(C)C(OCC=C(C)C)c1ccccc1. The predicted octanol–water partition coefficient (Wildman–Crippen LogP) is 4.29. The Kier molecular flexibility index (Phi) is 5.00. The smallest absolute Gasteiger partial charge is 0.103 e. The van der Waals surface area contributed by atoms with Crippen LogP contribution in [0.4, 0.5) is 0 Å². The third-order valence-electron chi connectivity index (χ3n) is 2.30. The van der Waals surface area contributed by atoms with E-state index in [0.717, 1.165) is 11.1 Å². The van der Waals surface area contributed by atoms with Crippen molar-refractivity contribution >= 4 is 0 Å². The topological polar surface area (TPSA) is 9.23 Å². The van der Waals surface area contributed by atoms with Crippen molar-refractivity contribution in [1.29, 1.82) is 0 Å². The first kappa shape index (κ1) is 12.7. The largest absolute Gasteiger partial charge is 0.365 e. The summed E-state index contributed by atoms with van der Waals surface area (Å²) in [4.78, 5) is 0. The number of hydrogen-bond donors (Lipinski definition) is 0. The van der Waals surface area contributed by atoms with Crippen LogP contribution < -0.4 is 0 Å². The Morgan fingerprint density at radius 3 is 2.38 bits per heavy atom. The van der Waals surface area contributed by atoms with E-state index < -0.39 is 0 Å². The molecular weight excluding hydrogens is 196 g/mol. The van der Waals surface area contributed by atoms with Crippen molar-refractivity contribution in [2.75, 3.05) is 6.61 Å². The van der Waals surface area contributed by atoms with Gasteiger partial charge in [-0.3, -0.25) is 0 Å². The number of ether oxygens (including phenoxy) is 1. The number of allylic oxidation sites excluding steroid dienone is 1. The van der Waals surface area contributed by atoms with Crippen molar-refractivity contribution in [3.63, 3.8) is 0 Å². The Balaban J connectivity index is 2.70. The molecule has 0 heterocycles. The van der Waals surface area contributed by atoms with E-state index in [4.69, 9.17) is 4.74 Å². The van der Waals surface area contributed by atoms with Gasteiger partial charge in [-0.25, -0.2) is 0 Å². The van der Waals surface area contributed by atoms with E-state index in [1.54, 1.807) is 0 Å². The van der Waals surface area contributed by atoms with Crippen molar-refractivity contribution in [3.05, 3.63) is 59.7 Å². The molecule has 0 aliphatic rings. The second-order valence-corrected chi connectivity index (χ2v) is 4.25. The van der Waals surface area contributed by atoms with Gasteiger partial charge in [-0.1, -0.05) is 48.6 Å². The van der Waals surface area contributed by atoms with Crippen LogP contribution in [0.2, 0.25) is 0 Å². The molecule has 0 saturated heterocycles. The van der Waals surface area contributed by atoms with Gasteiger partial charge >= 0.3 is 0 Å². The first-order valence-corrected chi connectivity index (χ1v) is 5.56. The molecule has 0 aliphatic heterocycles. The lowest BCUT2D eigenvalue weighted by Crippen LogP contribution is -2.05. The molecule has 0 N–H and O–H groups in total. The summed E-state index contributed by atoms with van der Waals surface area (Å²) < 4.78 is 5.82. The Morgan fingerprint density at radius 1 is 1.25 bits per heavy atom. The maximum absolute atomic E-state index is 5.82. The summed E-state index contributed by atoms with van der Waals surface area (Å²) in [7, 11) is 0. The van der Waals surface area contributed by atoms with Gasteiger partial charge in [-0.2, -0.15) is 0 Å². The van der Waals surface area contributed by atoms with E-state index in [1.165, 1.54) is 5.57 Å². The van der Waals surface area contributed by atoms with E-state index in [-0.39, 0.29) is 6.10 Å². The van der Waals surface area contributed by atoms with Gasteiger partial charge in [0.25, 0.3) is 0 Å². The number of rotatable bonds is 5. The van der Waals surface area contributed by atoms with Crippen LogP contribution in [-0.4, -0.2) is 6.61 Å². The highest BCUT2D eigenvalue weighted by Gasteiger charge is 2.11. The summed E-state index contributed by atoms with van der Waals surface area (Å²) in [6, 6.07) is 10.2. The maximum Gasteiger partial charge on any atom is 0.103 e. The second kappa shape index (κ2) is 6.29. The third-order valence-corrected chi connectivity index (χ3v) is 2.30. The second-order valence-electron chi connectivity index (χ2n) is 4.25. The molecule has 0 aliphatic carbocycles. The van der Waals surface area contributed by atoms with Crippen LogP contribution in [0.1, 0.15) is 32.4 Å². The monoisotopic (exact) mass is 216 g/mol. The fourth-order valence-electron chi connectivity index (χ4n) is 1.46. The summed E-state index contributed by atoms with van der Waals surface area (Å²) >= 11 is 0. The average Bonchev–Trinajstić information content (AvgIpc) is 2.25. The van der Waals surface area contributed by atoms with Crippen LogP contribution in [-0.2, 0) is 4.74 Å². The number of benzene rings is 1. The molecule has 1 aromatic rings. The Bertz CT molecular complexity index is 358. The van der Waals surface area contributed by atoms with Crippen LogP contribution in [0.25, 0.3) is 0 Å². The van der Waals surface area contributed by atoms with Crippen molar-refractivity contribution in [2.24, 2.45) is 0 Å². The number of hydrogen-bond acceptors (Lipinski definition) is 1. The van der Waals surface area contributed by atoms with E-state index in [1.807, 2.05) is 25.1 Å². The lowest BCUT2D eigenvalue weighted by molar-refractivity contribution is 0.101. The summed E-state index contributed by atoms with van der Waals surface area (Å²) in [5.41, 5.74) is 3.47. The maximum atomic E-state index is 5.82. The van der Waals surface area contributed by atoms with Crippen molar-refractivity contribution in [2.45, 2.75) is 26.9 Å². The van der Waals surface area contributed by atoms with Gasteiger partial charge < -0.3 is 4.74 Å². The standard InChI is InChI=1S/C15H20O/c1-12(2)10-11-16-15(13(3)4)14-8-6-5-7-9-14/h5-10,15H,3,11H2,1-2,4H3. The highest BCUT2D eigenvalue weighted by Crippen LogP contribution is 2.23. The first-order chi connectivity index (χ1) is 7.61. The molecule has 1 heteroatoms. The molecule has 0 spiro atoms. The predicted molar refractivity (Wildman–Crippen MR) is 69.4 cm³/mol. The highest BCUT2D eigenvalue weighted by atomic mass is 16.5. The lowest BCUT2D eigenvalue weighted by Gasteiger charge is -2.17. The molecule has 1 atom stereocenters. The zero-order valence-corrected chi connectivity index (χ0v) is 10.4. The minimum Gasteiger partial charge on any atom is -0.365 e. The molecule has 0 bridgehead atoms. The van der Waals surface area contributed by atoms with Gasteiger partial charge in [-0.05, 0) is 31.9 Å². The van der Waals surface area contributed by atoms with E-state index in [9.17, 15) is 0 Å². The molecule has 0 amide bonds. The van der Waals surface area contributed by atoms with Gasteiger partial charge in [-0.15, -0.1) is 0 Å². The summed E-state index contributed by atoms with van der Waals surface area (Å²) in [6.45, 7) is 10.8. The molecule has 0 radical (unpaired) electrons. The van der Waals surface area contributed by atoms with Crippen LogP contribution in [0, 0.1) is 0 Å². The molecule has 86 valence electrons. The van der Waals surface area contributed by atoms with Gasteiger partial charge in [0.2, 0.25) is 0 Å². The molecule has 1 nitrogen and oxygen atoms in total. The fraction of sp³-hybridized carbons (Fsp3) is 0.333. The molecular formula is C15H20O. The molecule has 0 aromatic heterocycles. The fourth-order valence-corrected chi connectivity index (χ4v) is 1.46. The summed E-state index contributed by atoms with van der Waals surface area (Å²) in [6.07, 6.45) is 2.08. The lowest BCUT2D eigenvalue weighted by atomic mass is 10.0. The molecule has 1 aromatic carbocycles. The van der Waals surface area contributed by atoms with Crippen LogP contribution in [0.5, 0.6) is 0 Å². The van der Waals surface area contributed by atoms with E-state index in [2.05, 4.69) is 38.6 Å². The Hall–Kier alpha value is -1.34. The zero-order valence-electron chi connectivity index (χ0n) is 10.4. The van der Waals surface area contributed by atoms with Crippen LogP contribution >= 0.6 is 0 Å². The molecule has 1 rings (SSSR count). The van der Waals surface area contributed by atoms with Crippen molar-refractivity contribution in [3.8, 4) is 0 Å². The van der Waals surface area contributed by atoms with E-state index in [0.29, 0.717) is 6.61 Å². The highest BCUT2D eigenvalue weighted by molar-refractivity contribution is 5.24. The molecule has 0 fully saturated rings. The molecule has 16 heavy (non-hydrogen) atoms. The summed E-state index contributed by atoms with van der Waals surface area (Å²) in [5.74, 6) is 0. The Labute approximate surface area is 98.5 Å². The van der Waals surface area contributed by atoms with Crippen molar-refractivity contribution < 1.29 is 4.74 Å². The minimum absolute atomic E-state index is 0.00296. The van der Waals surface area contributed by atoms with Gasteiger partial charge in [0.15, 0.2) is 0 Å². The molecule has 1 unspecified atom stereocenters. The third kappa shape index (κ3) is 4.03. The first-order valence-electron chi connectivity index (χ1n) is 5.56. The van der Waals surface area contributed by atoms with Gasteiger partial charge in [0, 0.05) is 0 Å². The normalized spacial score (nSPS) is 11.9. The minimum atomic E-state index is -0.00296. The Morgan fingerprint density at radius 2 is 1.88 bits per heavy atom.